The number of nitrogens with zero attached hydrogens (tertiary/aromatic N) is 3. The molecule has 0 radical (unpaired) electrons. The van der Waals surface area contributed by atoms with Crippen molar-refractivity contribution in [2.45, 2.75) is 6.92 Å². The van der Waals surface area contributed by atoms with E-state index >= 15 is 0 Å². The number of halogens is 1. The summed E-state index contributed by atoms with van der Waals surface area (Å²) < 4.78 is 1.03. The van der Waals surface area contributed by atoms with Crippen LogP contribution in [-0.4, -0.2) is 53.4 Å². The van der Waals surface area contributed by atoms with E-state index in [-0.39, 0.29) is 5.91 Å². The molecule has 1 fully saturated rings. The van der Waals surface area contributed by atoms with Crippen LogP contribution in [0.4, 0.5) is 11.5 Å². The molecule has 0 spiro atoms. The van der Waals surface area contributed by atoms with Crippen LogP contribution >= 0.6 is 15.9 Å². The zero-order valence-electron chi connectivity index (χ0n) is 13.7. The maximum atomic E-state index is 12.5. The molecule has 1 aromatic carbocycles. The minimum absolute atomic E-state index is 0.0634. The van der Waals surface area contributed by atoms with Crippen molar-refractivity contribution in [2.24, 2.45) is 0 Å². The zero-order valence-corrected chi connectivity index (χ0v) is 15.3. The number of anilines is 2. The lowest BCUT2D eigenvalue weighted by Crippen LogP contribution is -2.48. The van der Waals surface area contributed by atoms with E-state index in [0.717, 1.165) is 48.7 Å². The predicted molar refractivity (Wildman–Crippen MR) is 99.7 cm³/mol. The second-order valence-corrected chi connectivity index (χ2v) is 6.71. The van der Waals surface area contributed by atoms with Crippen LogP contribution < -0.4 is 5.32 Å². The number of hydrogen-bond acceptors (Lipinski definition) is 4. The number of carbonyl (C=O) groups is 1. The van der Waals surface area contributed by atoms with Crippen molar-refractivity contribution < 1.29 is 4.79 Å². The highest BCUT2D eigenvalue weighted by atomic mass is 79.9. The number of likely N-dealkylation sites (N-methyl/N-ethyl adjacent to an activating group) is 1. The van der Waals surface area contributed by atoms with Gasteiger partial charge < -0.3 is 15.1 Å². The third-order valence-electron chi connectivity index (χ3n) is 4.23. The smallest absolute Gasteiger partial charge is 0.255 e. The molecule has 0 aliphatic carbocycles. The van der Waals surface area contributed by atoms with Gasteiger partial charge in [0.1, 0.15) is 5.82 Å². The van der Waals surface area contributed by atoms with Gasteiger partial charge in [0.05, 0.1) is 5.56 Å². The maximum absolute atomic E-state index is 12.5. The normalized spacial score (nSPS) is 15.3. The molecule has 2 heterocycles. The van der Waals surface area contributed by atoms with Gasteiger partial charge in [-0.3, -0.25) is 4.79 Å². The van der Waals surface area contributed by atoms with Gasteiger partial charge in [0.25, 0.3) is 5.91 Å². The standard InChI is InChI=1S/C18H21BrN4O/c1-2-22-9-11-23(12-10-22)18(24)14-3-8-17(20-13-14)21-16-6-4-15(19)5-7-16/h3-8,13H,2,9-12H2,1H3,(H,20,21). The van der Waals surface area contributed by atoms with Gasteiger partial charge in [0.15, 0.2) is 0 Å². The SMILES string of the molecule is CCN1CCN(C(=O)c2ccc(Nc3ccc(Br)cc3)nc2)CC1. The summed E-state index contributed by atoms with van der Waals surface area (Å²) in [6.07, 6.45) is 1.65. The lowest BCUT2D eigenvalue weighted by molar-refractivity contribution is 0.0643. The Morgan fingerprint density at radius 3 is 2.42 bits per heavy atom. The summed E-state index contributed by atoms with van der Waals surface area (Å²) in [4.78, 5) is 21.2. The lowest BCUT2D eigenvalue weighted by atomic mass is 10.2. The first-order valence-electron chi connectivity index (χ1n) is 8.16. The zero-order chi connectivity index (χ0) is 16.9. The molecule has 6 heteroatoms. The van der Waals surface area contributed by atoms with Gasteiger partial charge >= 0.3 is 0 Å². The topological polar surface area (TPSA) is 48.5 Å². The molecule has 0 bridgehead atoms. The minimum Gasteiger partial charge on any atom is -0.340 e. The van der Waals surface area contributed by atoms with Crippen LogP contribution in [0, 0.1) is 0 Å². The van der Waals surface area contributed by atoms with E-state index in [2.05, 4.69) is 38.1 Å². The fraction of sp³-hybridized carbons (Fsp3) is 0.333. The summed E-state index contributed by atoms with van der Waals surface area (Å²) in [6, 6.07) is 11.6. The highest BCUT2D eigenvalue weighted by Crippen LogP contribution is 2.18. The Morgan fingerprint density at radius 2 is 1.83 bits per heavy atom. The Morgan fingerprint density at radius 1 is 1.12 bits per heavy atom. The van der Waals surface area contributed by atoms with Crippen LogP contribution in [-0.2, 0) is 0 Å². The van der Waals surface area contributed by atoms with Crippen LogP contribution in [0.1, 0.15) is 17.3 Å². The molecular formula is C18H21BrN4O. The van der Waals surface area contributed by atoms with Crippen molar-refractivity contribution in [2.75, 3.05) is 38.0 Å². The van der Waals surface area contributed by atoms with E-state index in [1.807, 2.05) is 41.3 Å². The first-order valence-corrected chi connectivity index (χ1v) is 8.95. The number of carbonyl (C=O) groups excluding carboxylic acids is 1. The summed E-state index contributed by atoms with van der Waals surface area (Å²) in [5.74, 6) is 0.790. The summed E-state index contributed by atoms with van der Waals surface area (Å²) in [5.41, 5.74) is 1.60. The van der Waals surface area contributed by atoms with Crippen LogP contribution in [0.15, 0.2) is 47.1 Å². The van der Waals surface area contributed by atoms with Crippen LogP contribution in [0.3, 0.4) is 0 Å². The highest BCUT2D eigenvalue weighted by molar-refractivity contribution is 9.10. The molecule has 1 saturated heterocycles. The number of piperazine rings is 1. The second kappa shape index (κ2) is 7.77. The van der Waals surface area contributed by atoms with Gasteiger partial charge in [0.2, 0.25) is 0 Å². The molecule has 0 unspecified atom stereocenters. The Bertz CT molecular complexity index is 679. The van der Waals surface area contributed by atoms with E-state index in [1.54, 1.807) is 6.20 Å². The van der Waals surface area contributed by atoms with Gasteiger partial charge in [-0.1, -0.05) is 22.9 Å². The molecule has 1 amide bonds. The Labute approximate surface area is 150 Å². The second-order valence-electron chi connectivity index (χ2n) is 5.79. The first-order chi connectivity index (χ1) is 11.7. The summed E-state index contributed by atoms with van der Waals surface area (Å²) in [6.45, 7) is 6.65. The third-order valence-corrected chi connectivity index (χ3v) is 4.76. The number of benzene rings is 1. The monoisotopic (exact) mass is 388 g/mol. The van der Waals surface area contributed by atoms with Crippen molar-refractivity contribution in [1.29, 1.82) is 0 Å². The molecule has 24 heavy (non-hydrogen) atoms. The molecule has 1 aliphatic heterocycles. The quantitative estimate of drug-likeness (QED) is 0.871. The van der Waals surface area contributed by atoms with E-state index in [1.165, 1.54) is 0 Å². The average Bonchev–Trinajstić information content (AvgIpc) is 2.64. The van der Waals surface area contributed by atoms with E-state index in [0.29, 0.717) is 5.56 Å². The van der Waals surface area contributed by atoms with Crippen LogP contribution in [0.5, 0.6) is 0 Å². The van der Waals surface area contributed by atoms with Crippen LogP contribution in [0.2, 0.25) is 0 Å². The molecule has 126 valence electrons. The predicted octanol–water partition coefficient (Wildman–Crippen LogP) is 3.37. The van der Waals surface area contributed by atoms with Gasteiger partial charge in [0, 0.05) is 42.5 Å². The molecule has 0 saturated carbocycles. The van der Waals surface area contributed by atoms with Gasteiger partial charge in [-0.05, 0) is 42.9 Å². The number of aromatic nitrogens is 1. The molecule has 5 nitrogen and oxygen atoms in total. The van der Waals surface area contributed by atoms with Crippen molar-refractivity contribution in [1.82, 2.24) is 14.8 Å². The molecule has 1 N–H and O–H groups in total. The number of rotatable bonds is 4. The van der Waals surface area contributed by atoms with Crippen molar-refractivity contribution in [3.63, 3.8) is 0 Å². The highest BCUT2D eigenvalue weighted by Gasteiger charge is 2.21. The Kier molecular flexibility index (Phi) is 5.48. The Balaban J connectivity index is 1.61. The summed E-state index contributed by atoms with van der Waals surface area (Å²) >= 11 is 3.41. The maximum Gasteiger partial charge on any atom is 0.255 e. The fourth-order valence-electron chi connectivity index (χ4n) is 2.73. The number of amides is 1. The summed E-state index contributed by atoms with van der Waals surface area (Å²) in [7, 11) is 0. The number of nitrogens with one attached hydrogen (secondary N) is 1. The molecule has 1 aromatic heterocycles. The minimum atomic E-state index is 0.0634. The molecule has 1 aliphatic rings. The lowest BCUT2D eigenvalue weighted by Gasteiger charge is -2.34. The van der Waals surface area contributed by atoms with Gasteiger partial charge in [-0.25, -0.2) is 4.98 Å². The van der Waals surface area contributed by atoms with Gasteiger partial charge in [-0.15, -0.1) is 0 Å². The first kappa shape index (κ1) is 16.9. The van der Waals surface area contributed by atoms with Crippen molar-refractivity contribution in [3.8, 4) is 0 Å². The van der Waals surface area contributed by atoms with E-state index < -0.39 is 0 Å². The molecule has 0 atom stereocenters. The number of pyridine rings is 1. The molecule has 2 aromatic rings. The Hall–Kier alpha value is -1.92. The average molecular weight is 389 g/mol. The van der Waals surface area contributed by atoms with Gasteiger partial charge in [-0.2, -0.15) is 0 Å². The largest absolute Gasteiger partial charge is 0.340 e. The molecule has 3 rings (SSSR count). The van der Waals surface area contributed by atoms with E-state index in [4.69, 9.17) is 0 Å². The van der Waals surface area contributed by atoms with E-state index in [9.17, 15) is 4.79 Å². The molecular weight excluding hydrogens is 368 g/mol. The number of hydrogen-bond donors (Lipinski definition) is 1. The van der Waals surface area contributed by atoms with Crippen molar-refractivity contribution in [3.05, 3.63) is 52.6 Å². The van der Waals surface area contributed by atoms with Crippen molar-refractivity contribution >= 4 is 33.3 Å². The third kappa shape index (κ3) is 4.13. The fourth-order valence-corrected chi connectivity index (χ4v) is 2.99. The summed E-state index contributed by atoms with van der Waals surface area (Å²) in [5, 5.41) is 3.23. The van der Waals surface area contributed by atoms with Crippen LogP contribution in [0.25, 0.3) is 0 Å².